The highest BCUT2D eigenvalue weighted by Gasteiger charge is 2.15. The van der Waals surface area contributed by atoms with Crippen LogP contribution in [-0.2, 0) is 0 Å². The Balaban J connectivity index is 2.97. The van der Waals surface area contributed by atoms with Gasteiger partial charge in [-0.1, -0.05) is 12.2 Å². The summed E-state index contributed by atoms with van der Waals surface area (Å²) < 4.78 is 24.2. The minimum atomic E-state index is -0.311. The standard InChI is InChI=1S/C14H20FNO2/c1-9(2)8-16-10(3)11-6-13(17-4)14(18-5)7-12(11)15/h6-7,10,16H,1,8H2,2-5H3/t10-/m0/s1. The van der Waals surface area contributed by atoms with Gasteiger partial charge in [0.2, 0.25) is 0 Å². The summed E-state index contributed by atoms with van der Waals surface area (Å²) >= 11 is 0. The minimum absolute atomic E-state index is 0.124. The van der Waals surface area contributed by atoms with Crippen LogP contribution in [-0.4, -0.2) is 20.8 Å². The van der Waals surface area contributed by atoms with Gasteiger partial charge in [0.1, 0.15) is 5.82 Å². The Kier molecular flexibility index (Phi) is 5.16. The maximum atomic E-state index is 13.9. The topological polar surface area (TPSA) is 30.5 Å². The van der Waals surface area contributed by atoms with Gasteiger partial charge >= 0.3 is 0 Å². The predicted molar refractivity (Wildman–Crippen MR) is 70.7 cm³/mol. The first kappa shape index (κ1) is 14.5. The Bertz CT molecular complexity index is 432. The van der Waals surface area contributed by atoms with Crippen molar-refractivity contribution in [3.05, 3.63) is 35.7 Å². The molecule has 0 fully saturated rings. The van der Waals surface area contributed by atoms with Crippen molar-refractivity contribution in [1.82, 2.24) is 5.32 Å². The van der Waals surface area contributed by atoms with Crippen molar-refractivity contribution in [3.8, 4) is 11.5 Å². The summed E-state index contributed by atoms with van der Waals surface area (Å²) in [5.41, 5.74) is 1.55. The Morgan fingerprint density at radius 2 is 1.89 bits per heavy atom. The fourth-order valence-electron chi connectivity index (χ4n) is 1.64. The number of ether oxygens (including phenoxy) is 2. The van der Waals surface area contributed by atoms with E-state index in [9.17, 15) is 4.39 Å². The number of nitrogens with one attached hydrogen (secondary N) is 1. The highest BCUT2D eigenvalue weighted by molar-refractivity contribution is 5.44. The molecule has 0 saturated carbocycles. The number of hydrogen-bond donors (Lipinski definition) is 1. The second-order valence-corrected chi connectivity index (χ2v) is 4.29. The molecule has 0 spiro atoms. The number of rotatable bonds is 6. The fourth-order valence-corrected chi connectivity index (χ4v) is 1.64. The molecule has 1 aromatic carbocycles. The molecule has 0 saturated heterocycles. The largest absolute Gasteiger partial charge is 0.493 e. The van der Waals surface area contributed by atoms with Gasteiger partial charge in [0.25, 0.3) is 0 Å². The van der Waals surface area contributed by atoms with Crippen LogP contribution in [0.5, 0.6) is 11.5 Å². The highest BCUT2D eigenvalue weighted by Crippen LogP contribution is 2.32. The van der Waals surface area contributed by atoms with Crippen LogP contribution in [0.25, 0.3) is 0 Å². The SMILES string of the molecule is C=C(C)CN[C@@H](C)c1cc(OC)c(OC)cc1F. The lowest BCUT2D eigenvalue weighted by molar-refractivity contribution is 0.350. The lowest BCUT2D eigenvalue weighted by atomic mass is 10.1. The summed E-state index contributed by atoms with van der Waals surface area (Å²) in [7, 11) is 3.02. The monoisotopic (exact) mass is 253 g/mol. The molecule has 0 radical (unpaired) electrons. The van der Waals surface area contributed by atoms with Crippen LogP contribution in [0, 0.1) is 5.82 Å². The molecule has 18 heavy (non-hydrogen) atoms. The van der Waals surface area contributed by atoms with Crippen molar-refractivity contribution in [2.45, 2.75) is 19.9 Å². The molecule has 4 heteroatoms. The van der Waals surface area contributed by atoms with E-state index < -0.39 is 0 Å². The minimum Gasteiger partial charge on any atom is -0.493 e. The van der Waals surface area contributed by atoms with Gasteiger partial charge in [-0.05, 0) is 19.9 Å². The number of halogens is 1. The van der Waals surface area contributed by atoms with Gasteiger partial charge in [-0.15, -0.1) is 0 Å². The molecule has 0 aromatic heterocycles. The summed E-state index contributed by atoms with van der Waals surface area (Å²) in [4.78, 5) is 0. The van der Waals surface area contributed by atoms with E-state index in [0.717, 1.165) is 5.57 Å². The summed E-state index contributed by atoms with van der Waals surface area (Å²) in [6.07, 6.45) is 0. The van der Waals surface area contributed by atoms with Crippen LogP contribution >= 0.6 is 0 Å². The van der Waals surface area contributed by atoms with Gasteiger partial charge in [0.05, 0.1) is 14.2 Å². The van der Waals surface area contributed by atoms with Gasteiger partial charge in [-0.25, -0.2) is 4.39 Å². The average Bonchev–Trinajstić information content (AvgIpc) is 2.35. The van der Waals surface area contributed by atoms with E-state index in [1.165, 1.54) is 20.3 Å². The van der Waals surface area contributed by atoms with E-state index in [0.29, 0.717) is 23.6 Å². The first-order chi connectivity index (χ1) is 8.49. The molecular formula is C14H20FNO2. The van der Waals surface area contributed by atoms with Crippen molar-refractivity contribution in [3.63, 3.8) is 0 Å². The third-order valence-corrected chi connectivity index (χ3v) is 2.68. The first-order valence-electron chi connectivity index (χ1n) is 5.78. The van der Waals surface area contributed by atoms with Gasteiger partial charge in [0.15, 0.2) is 11.5 Å². The van der Waals surface area contributed by atoms with E-state index in [1.54, 1.807) is 6.07 Å². The molecule has 0 unspecified atom stereocenters. The molecule has 0 amide bonds. The van der Waals surface area contributed by atoms with Gasteiger partial charge in [0, 0.05) is 24.2 Å². The fraction of sp³-hybridized carbons (Fsp3) is 0.429. The molecule has 1 aromatic rings. The molecule has 3 nitrogen and oxygen atoms in total. The molecule has 1 rings (SSSR count). The van der Waals surface area contributed by atoms with E-state index >= 15 is 0 Å². The predicted octanol–water partition coefficient (Wildman–Crippen LogP) is 3.07. The zero-order chi connectivity index (χ0) is 13.7. The summed E-state index contributed by atoms with van der Waals surface area (Å²) in [6, 6.07) is 2.87. The molecule has 1 N–H and O–H groups in total. The van der Waals surface area contributed by atoms with Crippen LogP contribution in [0.2, 0.25) is 0 Å². The Morgan fingerprint density at radius 3 is 2.39 bits per heavy atom. The van der Waals surface area contributed by atoms with E-state index in [1.807, 2.05) is 13.8 Å². The lowest BCUT2D eigenvalue weighted by Gasteiger charge is -2.17. The quantitative estimate of drug-likeness (QED) is 0.790. The number of benzene rings is 1. The van der Waals surface area contributed by atoms with Crippen LogP contribution in [0.15, 0.2) is 24.3 Å². The summed E-state index contributed by atoms with van der Waals surface area (Å²) in [5, 5.41) is 3.19. The zero-order valence-corrected chi connectivity index (χ0v) is 11.3. The molecular weight excluding hydrogens is 233 g/mol. The van der Waals surface area contributed by atoms with E-state index in [2.05, 4.69) is 11.9 Å². The molecule has 0 heterocycles. The number of hydrogen-bond acceptors (Lipinski definition) is 3. The zero-order valence-electron chi connectivity index (χ0n) is 11.3. The highest BCUT2D eigenvalue weighted by atomic mass is 19.1. The van der Waals surface area contributed by atoms with Gasteiger partial charge in [-0.3, -0.25) is 0 Å². The van der Waals surface area contributed by atoms with Crippen molar-refractivity contribution in [2.24, 2.45) is 0 Å². The summed E-state index contributed by atoms with van der Waals surface area (Å²) in [6.45, 7) is 8.27. The summed E-state index contributed by atoms with van der Waals surface area (Å²) in [5.74, 6) is 0.609. The van der Waals surface area contributed by atoms with Crippen molar-refractivity contribution in [1.29, 1.82) is 0 Å². The molecule has 0 aliphatic rings. The third-order valence-electron chi connectivity index (χ3n) is 2.68. The van der Waals surface area contributed by atoms with Crippen LogP contribution in [0.1, 0.15) is 25.5 Å². The smallest absolute Gasteiger partial charge is 0.163 e. The molecule has 0 aliphatic heterocycles. The number of methoxy groups -OCH3 is 2. The molecule has 0 aliphatic carbocycles. The molecule has 1 atom stereocenters. The van der Waals surface area contributed by atoms with Gasteiger partial charge in [-0.2, -0.15) is 0 Å². The molecule has 100 valence electrons. The van der Waals surface area contributed by atoms with E-state index in [4.69, 9.17) is 9.47 Å². The van der Waals surface area contributed by atoms with Crippen molar-refractivity contribution >= 4 is 0 Å². The average molecular weight is 253 g/mol. The maximum Gasteiger partial charge on any atom is 0.163 e. The van der Waals surface area contributed by atoms with Crippen molar-refractivity contribution < 1.29 is 13.9 Å². The third kappa shape index (κ3) is 3.47. The lowest BCUT2D eigenvalue weighted by Crippen LogP contribution is -2.21. The second-order valence-electron chi connectivity index (χ2n) is 4.29. The Hall–Kier alpha value is -1.55. The first-order valence-corrected chi connectivity index (χ1v) is 5.78. The van der Waals surface area contributed by atoms with Gasteiger partial charge < -0.3 is 14.8 Å². The molecule has 0 bridgehead atoms. The second kappa shape index (κ2) is 6.40. The van der Waals surface area contributed by atoms with Crippen LogP contribution in [0.4, 0.5) is 4.39 Å². The Labute approximate surface area is 108 Å². The van der Waals surface area contributed by atoms with Crippen LogP contribution < -0.4 is 14.8 Å². The maximum absolute atomic E-state index is 13.9. The normalized spacial score (nSPS) is 12.1. The van der Waals surface area contributed by atoms with Crippen molar-refractivity contribution in [2.75, 3.05) is 20.8 Å². The Morgan fingerprint density at radius 1 is 1.33 bits per heavy atom. The van der Waals surface area contributed by atoms with Crippen LogP contribution in [0.3, 0.4) is 0 Å². The van der Waals surface area contributed by atoms with E-state index in [-0.39, 0.29) is 11.9 Å².